The van der Waals surface area contributed by atoms with Crippen LogP contribution >= 0.6 is 0 Å². The van der Waals surface area contributed by atoms with Crippen LogP contribution in [-0.2, 0) is 11.3 Å². The highest BCUT2D eigenvalue weighted by atomic mass is 16.1. The summed E-state index contributed by atoms with van der Waals surface area (Å²) < 4.78 is 2.20. The number of aromatic nitrogens is 2. The number of carbonyl (C=O) groups excluding carboxylic acids is 1. The molecule has 2 aliphatic rings. The van der Waals surface area contributed by atoms with Crippen LogP contribution in [0.25, 0.3) is 11.0 Å². The Morgan fingerprint density at radius 2 is 2.04 bits per heavy atom. The normalized spacial score (nSPS) is 26.7. The topological polar surface area (TPSA) is 59.0 Å². The summed E-state index contributed by atoms with van der Waals surface area (Å²) in [6, 6.07) is 9.37. The van der Waals surface area contributed by atoms with Crippen LogP contribution in [0.3, 0.4) is 0 Å². The average molecular weight is 340 g/mol. The third-order valence-corrected chi connectivity index (χ3v) is 5.81. The molecule has 0 radical (unpaired) electrons. The van der Waals surface area contributed by atoms with Crippen molar-refractivity contribution < 1.29 is 4.79 Å². The van der Waals surface area contributed by atoms with E-state index in [-0.39, 0.29) is 11.9 Å². The van der Waals surface area contributed by atoms with E-state index < -0.39 is 0 Å². The first-order valence-electron chi connectivity index (χ1n) is 9.64. The maximum absolute atomic E-state index is 12.6. The Kier molecular flexibility index (Phi) is 4.50. The van der Waals surface area contributed by atoms with Crippen LogP contribution in [0.2, 0.25) is 0 Å². The fourth-order valence-corrected chi connectivity index (χ4v) is 4.73. The molecule has 3 unspecified atom stereocenters. The van der Waals surface area contributed by atoms with Crippen LogP contribution in [0.15, 0.2) is 24.3 Å². The maximum atomic E-state index is 12.6. The summed E-state index contributed by atoms with van der Waals surface area (Å²) in [5.41, 5.74) is 2.13. The molecule has 2 bridgehead atoms. The molecule has 2 N–H and O–H groups in total. The molecule has 134 valence electrons. The lowest BCUT2D eigenvalue weighted by Gasteiger charge is -2.29. The van der Waals surface area contributed by atoms with Crippen molar-refractivity contribution >= 4 is 16.9 Å². The molecular weight excluding hydrogens is 312 g/mol. The lowest BCUT2D eigenvalue weighted by atomic mass is 9.89. The first-order chi connectivity index (χ1) is 12.1. The van der Waals surface area contributed by atoms with E-state index in [0.29, 0.717) is 24.4 Å². The molecule has 5 nitrogen and oxygen atoms in total. The Bertz CT molecular complexity index is 756. The molecule has 3 atom stereocenters. The Balaban J connectivity index is 1.43. The molecule has 0 spiro atoms. The van der Waals surface area contributed by atoms with Gasteiger partial charge in [-0.1, -0.05) is 12.1 Å². The maximum Gasteiger partial charge on any atom is 0.220 e. The van der Waals surface area contributed by atoms with Crippen LogP contribution in [-0.4, -0.2) is 27.5 Å². The Hall–Kier alpha value is -1.88. The lowest BCUT2D eigenvalue weighted by Crippen LogP contribution is -2.40. The number of nitrogens with one attached hydrogen (secondary N) is 2. The molecule has 4 rings (SSSR count). The fraction of sp³-hybridized carbons (Fsp3) is 0.600. The summed E-state index contributed by atoms with van der Waals surface area (Å²) in [6.07, 6.45) is 5.49. The minimum Gasteiger partial charge on any atom is -0.346 e. The number of hydrogen-bond acceptors (Lipinski definition) is 3. The van der Waals surface area contributed by atoms with Gasteiger partial charge in [0.05, 0.1) is 17.1 Å². The predicted molar refractivity (Wildman–Crippen MR) is 99.3 cm³/mol. The van der Waals surface area contributed by atoms with E-state index >= 15 is 0 Å². The Morgan fingerprint density at radius 3 is 2.76 bits per heavy atom. The molecule has 0 saturated carbocycles. The number of fused-ring (bicyclic) bond motifs is 3. The van der Waals surface area contributed by atoms with Gasteiger partial charge in [-0.2, -0.15) is 0 Å². The lowest BCUT2D eigenvalue weighted by molar-refractivity contribution is -0.123. The number of para-hydroxylation sites is 2. The number of aryl methyl sites for hydroxylation is 1. The van der Waals surface area contributed by atoms with Gasteiger partial charge in [0, 0.05) is 25.0 Å². The van der Waals surface area contributed by atoms with Crippen molar-refractivity contribution in [2.24, 2.45) is 5.92 Å². The van der Waals surface area contributed by atoms with Crippen molar-refractivity contribution in [1.82, 2.24) is 20.2 Å². The number of piperidine rings is 1. The zero-order chi connectivity index (χ0) is 17.4. The third-order valence-electron chi connectivity index (χ3n) is 5.81. The van der Waals surface area contributed by atoms with Gasteiger partial charge >= 0.3 is 0 Å². The summed E-state index contributed by atoms with van der Waals surface area (Å²) in [6.45, 7) is 5.02. The highest BCUT2D eigenvalue weighted by molar-refractivity contribution is 5.78. The van der Waals surface area contributed by atoms with E-state index in [2.05, 4.69) is 28.2 Å². The van der Waals surface area contributed by atoms with Crippen molar-refractivity contribution in [2.45, 2.75) is 70.6 Å². The van der Waals surface area contributed by atoms with Crippen molar-refractivity contribution in [1.29, 1.82) is 0 Å². The first-order valence-corrected chi connectivity index (χ1v) is 9.64. The van der Waals surface area contributed by atoms with E-state index in [9.17, 15) is 4.79 Å². The fourth-order valence-electron chi connectivity index (χ4n) is 4.73. The molecule has 5 heteroatoms. The van der Waals surface area contributed by atoms with Gasteiger partial charge in [0.1, 0.15) is 5.82 Å². The van der Waals surface area contributed by atoms with Crippen LogP contribution in [0.5, 0.6) is 0 Å². The van der Waals surface area contributed by atoms with E-state index in [1.54, 1.807) is 0 Å². The molecule has 0 aliphatic carbocycles. The van der Waals surface area contributed by atoms with E-state index in [1.807, 2.05) is 25.1 Å². The van der Waals surface area contributed by atoms with Gasteiger partial charge < -0.3 is 15.2 Å². The summed E-state index contributed by atoms with van der Waals surface area (Å²) in [5.74, 6) is 1.63. The van der Waals surface area contributed by atoms with Crippen molar-refractivity contribution in [3.8, 4) is 0 Å². The zero-order valence-corrected chi connectivity index (χ0v) is 15.2. The van der Waals surface area contributed by atoms with Gasteiger partial charge in [-0.15, -0.1) is 0 Å². The van der Waals surface area contributed by atoms with E-state index in [0.717, 1.165) is 36.2 Å². The summed E-state index contributed by atoms with van der Waals surface area (Å²) in [5, 5.41) is 6.83. The highest BCUT2D eigenvalue weighted by Gasteiger charge is 2.34. The van der Waals surface area contributed by atoms with Crippen LogP contribution in [0.4, 0.5) is 0 Å². The van der Waals surface area contributed by atoms with Crippen LogP contribution < -0.4 is 10.6 Å². The second-order valence-corrected chi connectivity index (χ2v) is 7.67. The molecule has 3 heterocycles. The smallest absolute Gasteiger partial charge is 0.220 e. The standard InChI is InChI=1S/C20H28N4O/c1-3-24-18-7-5-4-6-17(18)23-20(24)13(2)21-19(25)12-14-10-15-8-9-16(11-14)22-15/h4-7,13-16,22H,3,8-12H2,1-2H3,(H,21,25). The molecule has 2 aliphatic heterocycles. The van der Waals surface area contributed by atoms with Crippen LogP contribution in [0.1, 0.15) is 57.8 Å². The van der Waals surface area contributed by atoms with Gasteiger partial charge in [-0.05, 0) is 57.6 Å². The first kappa shape index (κ1) is 16.6. The summed E-state index contributed by atoms with van der Waals surface area (Å²) >= 11 is 0. The zero-order valence-electron chi connectivity index (χ0n) is 15.2. The third kappa shape index (κ3) is 3.30. The second-order valence-electron chi connectivity index (χ2n) is 7.67. The number of carbonyl (C=O) groups is 1. The molecule has 2 fully saturated rings. The second kappa shape index (κ2) is 6.79. The van der Waals surface area contributed by atoms with E-state index in [1.165, 1.54) is 12.8 Å². The van der Waals surface area contributed by atoms with Crippen LogP contribution in [0, 0.1) is 5.92 Å². The SMILES string of the molecule is CCn1c(C(C)NC(=O)CC2CC3CCC(C2)N3)nc2ccccc21. The molecule has 2 saturated heterocycles. The van der Waals surface area contributed by atoms with Gasteiger partial charge in [-0.25, -0.2) is 4.98 Å². The summed E-state index contributed by atoms with van der Waals surface area (Å²) in [7, 11) is 0. The Labute approximate surface area is 149 Å². The molecule has 1 aromatic carbocycles. The van der Waals surface area contributed by atoms with Crippen molar-refractivity contribution in [3.63, 3.8) is 0 Å². The molecule has 1 amide bonds. The number of nitrogens with zero attached hydrogens (tertiary/aromatic N) is 2. The largest absolute Gasteiger partial charge is 0.346 e. The van der Waals surface area contributed by atoms with E-state index in [4.69, 9.17) is 4.98 Å². The number of benzene rings is 1. The van der Waals surface area contributed by atoms with Crippen molar-refractivity contribution in [2.75, 3.05) is 0 Å². The van der Waals surface area contributed by atoms with Crippen molar-refractivity contribution in [3.05, 3.63) is 30.1 Å². The molecule has 25 heavy (non-hydrogen) atoms. The molecular formula is C20H28N4O. The number of hydrogen-bond donors (Lipinski definition) is 2. The monoisotopic (exact) mass is 340 g/mol. The number of imidazole rings is 1. The predicted octanol–water partition coefficient (Wildman–Crippen LogP) is 3.15. The van der Waals surface area contributed by atoms with Gasteiger partial charge in [0.2, 0.25) is 5.91 Å². The van der Waals surface area contributed by atoms with Gasteiger partial charge in [0.15, 0.2) is 0 Å². The molecule has 2 aromatic rings. The van der Waals surface area contributed by atoms with Gasteiger partial charge in [0.25, 0.3) is 0 Å². The van der Waals surface area contributed by atoms with Gasteiger partial charge in [-0.3, -0.25) is 4.79 Å². The molecule has 1 aromatic heterocycles. The average Bonchev–Trinajstić information content (AvgIpc) is 3.14. The minimum atomic E-state index is -0.0710. The number of amides is 1. The minimum absolute atomic E-state index is 0.0710. The highest BCUT2D eigenvalue weighted by Crippen LogP contribution is 2.32. The summed E-state index contributed by atoms with van der Waals surface area (Å²) in [4.78, 5) is 17.3. The Morgan fingerprint density at radius 1 is 1.32 bits per heavy atom. The number of rotatable bonds is 5. The quantitative estimate of drug-likeness (QED) is 0.879.